The van der Waals surface area contributed by atoms with Gasteiger partial charge in [-0.1, -0.05) is 23.2 Å². The van der Waals surface area contributed by atoms with Gasteiger partial charge in [-0.05, 0) is 37.5 Å². The van der Waals surface area contributed by atoms with Crippen LogP contribution in [0, 0.1) is 0 Å². The van der Waals surface area contributed by atoms with E-state index in [0.717, 1.165) is 19.3 Å². The molecule has 1 aromatic rings. The molecule has 92 valence electrons. The lowest BCUT2D eigenvalue weighted by Crippen LogP contribution is -2.37. The summed E-state index contributed by atoms with van der Waals surface area (Å²) < 4.78 is 0. The summed E-state index contributed by atoms with van der Waals surface area (Å²) in [6, 6.07) is 4.87. The highest BCUT2D eigenvalue weighted by Crippen LogP contribution is 2.25. The summed E-state index contributed by atoms with van der Waals surface area (Å²) in [5, 5.41) is 3.80. The van der Waals surface area contributed by atoms with E-state index >= 15 is 0 Å². The molecule has 0 saturated heterocycles. The van der Waals surface area contributed by atoms with Gasteiger partial charge in [0.2, 0.25) is 0 Å². The van der Waals surface area contributed by atoms with Crippen molar-refractivity contribution in [3.63, 3.8) is 0 Å². The third-order valence-corrected chi connectivity index (χ3v) is 3.99. The van der Waals surface area contributed by atoms with Gasteiger partial charge in [0.25, 0.3) is 5.91 Å². The molecule has 0 heterocycles. The second-order valence-electron chi connectivity index (χ2n) is 4.15. The maximum Gasteiger partial charge on any atom is 0.253 e. The average molecular weight is 293 g/mol. The van der Waals surface area contributed by atoms with Crippen LogP contribution in [-0.4, -0.2) is 17.3 Å². The maximum atomic E-state index is 12.0. The summed E-state index contributed by atoms with van der Waals surface area (Å²) in [6.45, 7) is 0. The fraction of sp³-hybridized carbons (Fsp3) is 0.417. The first-order valence-electron chi connectivity index (χ1n) is 5.48. The molecule has 1 fully saturated rings. The number of carbonyl (C=O) groups excluding carboxylic acids is 1. The molecular weight excluding hydrogens is 280 g/mol. The van der Waals surface area contributed by atoms with E-state index in [-0.39, 0.29) is 17.3 Å². The van der Waals surface area contributed by atoms with Crippen molar-refractivity contribution >= 4 is 40.7 Å². The molecule has 5 heteroatoms. The Morgan fingerprint density at radius 1 is 1.29 bits per heavy atom. The molecule has 0 radical (unpaired) electrons. The summed E-state index contributed by atoms with van der Waals surface area (Å²) in [6.07, 6.45) is 2.92. The summed E-state index contributed by atoms with van der Waals surface area (Å²) in [7, 11) is 0. The van der Waals surface area contributed by atoms with Crippen molar-refractivity contribution in [2.75, 3.05) is 0 Å². The van der Waals surface area contributed by atoms with Crippen LogP contribution in [0.5, 0.6) is 0 Å². The molecule has 0 aromatic heterocycles. The zero-order valence-electron chi connectivity index (χ0n) is 9.05. The van der Waals surface area contributed by atoms with Gasteiger partial charge >= 0.3 is 0 Å². The lowest BCUT2D eigenvalue weighted by molar-refractivity contribution is 0.0938. The molecule has 1 saturated carbocycles. The number of rotatable bonds is 2. The molecule has 2 atom stereocenters. The van der Waals surface area contributed by atoms with Crippen molar-refractivity contribution in [2.24, 2.45) is 0 Å². The van der Waals surface area contributed by atoms with Crippen molar-refractivity contribution in [3.8, 4) is 0 Å². The monoisotopic (exact) mass is 291 g/mol. The largest absolute Gasteiger partial charge is 0.348 e. The summed E-state index contributed by atoms with van der Waals surface area (Å²) in [5.41, 5.74) is 0.437. The first-order chi connectivity index (χ1) is 8.08. The Hall–Kier alpha value is -0.440. The number of carbonyl (C=O) groups is 1. The van der Waals surface area contributed by atoms with E-state index in [1.165, 1.54) is 0 Å². The van der Waals surface area contributed by atoms with Crippen LogP contribution in [0.15, 0.2) is 18.2 Å². The molecule has 1 aromatic carbocycles. The molecule has 0 bridgehead atoms. The molecule has 17 heavy (non-hydrogen) atoms. The number of hydrogen-bond acceptors (Lipinski definition) is 1. The lowest BCUT2D eigenvalue weighted by atomic mass is 10.2. The predicted molar refractivity (Wildman–Crippen MR) is 71.2 cm³/mol. The molecule has 1 amide bonds. The van der Waals surface area contributed by atoms with Crippen molar-refractivity contribution in [1.82, 2.24) is 5.32 Å². The van der Waals surface area contributed by atoms with Gasteiger partial charge in [-0.2, -0.15) is 0 Å². The van der Waals surface area contributed by atoms with Crippen LogP contribution in [0.1, 0.15) is 29.6 Å². The minimum absolute atomic E-state index is 0.0185. The van der Waals surface area contributed by atoms with Gasteiger partial charge in [-0.15, -0.1) is 11.6 Å². The van der Waals surface area contributed by atoms with Gasteiger partial charge < -0.3 is 5.32 Å². The Balaban J connectivity index is 2.09. The first kappa shape index (κ1) is 13.0. The molecule has 1 aliphatic rings. The summed E-state index contributed by atoms with van der Waals surface area (Å²) >= 11 is 17.9. The number of halogens is 3. The maximum absolute atomic E-state index is 12.0. The SMILES string of the molecule is O=C(NC1CCCC1Cl)c1ccc(Cl)cc1Cl. The van der Waals surface area contributed by atoms with Crippen LogP contribution < -0.4 is 5.32 Å². The normalized spacial score (nSPS) is 23.7. The van der Waals surface area contributed by atoms with E-state index in [1.807, 2.05) is 0 Å². The fourth-order valence-electron chi connectivity index (χ4n) is 2.00. The van der Waals surface area contributed by atoms with Gasteiger partial charge in [0.1, 0.15) is 0 Å². The van der Waals surface area contributed by atoms with Crippen LogP contribution in [0.2, 0.25) is 10.0 Å². The van der Waals surface area contributed by atoms with Gasteiger partial charge in [-0.25, -0.2) is 0 Å². The minimum atomic E-state index is -0.191. The van der Waals surface area contributed by atoms with E-state index in [1.54, 1.807) is 18.2 Å². The molecule has 0 aliphatic heterocycles. The minimum Gasteiger partial charge on any atom is -0.348 e. The quantitative estimate of drug-likeness (QED) is 0.823. The second kappa shape index (κ2) is 5.47. The Morgan fingerprint density at radius 3 is 2.65 bits per heavy atom. The molecule has 0 spiro atoms. The highest BCUT2D eigenvalue weighted by molar-refractivity contribution is 6.36. The highest BCUT2D eigenvalue weighted by Gasteiger charge is 2.27. The third-order valence-electron chi connectivity index (χ3n) is 2.92. The zero-order valence-corrected chi connectivity index (χ0v) is 11.3. The smallest absolute Gasteiger partial charge is 0.253 e. The van der Waals surface area contributed by atoms with Gasteiger partial charge in [0, 0.05) is 11.1 Å². The van der Waals surface area contributed by atoms with Crippen LogP contribution in [-0.2, 0) is 0 Å². The third kappa shape index (κ3) is 3.06. The van der Waals surface area contributed by atoms with Crippen molar-refractivity contribution in [2.45, 2.75) is 30.7 Å². The van der Waals surface area contributed by atoms with E-state index in [9.17, 15) is 4.79 Å². The van der Waals surface area contributed by atoms with E-state index in [2.05, 4.69) is 5.32 Å². The highest BCUT2D eigenvalue weighted by atomic mass is 35.5. The average Bonchev–Trinajstić information content (AvgIpc) is 2.64. The Kier molecular flexibility index (Phi) is 4.18. The van der Waals surface area contributed by atoms with Crippen molar-refractivity contribution in [3.05, 3.63) is 33.8 Å². The summed E-state index contributed by atoms with van der Waals surface area (Å²) in [4.78, 5) is 12.0. The number of benzene rings is 1. The zero-order chi connectivity index (χ0) is 12.4. The standard InChI is InChI=1S/C12H12Cl3NO/c13-7-4-5-8(10(15)6-7)12(17)16-11-3-1-2-9(11)14/h4-6,9,11H,1-3H2,(H,16,17). The van der Waals surface area contributed by atoms with Gasteiger partial charge in [-0.3, -0.25) is 4.79 Å². The number of nitrogens with one attached hydrogen (secondary N) is 1. The predicted octanol–water partition coefficient (Wildman–Crippen LogP) is 3.88. The molecule has 2 unspecified atom stereocenters. The Labute approximate surface area is 115 Å². The Morgan fingerprint density at radius 2 is 2.06 bits per heavy atom. The van der Waals surface area contributed by atoms with Crippen LogP contribution >= 0.6 is 34.8 Å². The van der Waals surface area contributed by atoms with Crippen LogP contribution in [0.25, 0.3) is 0 Å². The van der Waals surface area contributed by atoms with Crippen LogP contribution in [0.3, 0.4) is 0 Å². The van der Waals surface area contributed by atoms with Gasteiger partial charge in [0.15, 0.2) is 0 Å². The van der Waals surface area contributed by atoms with E-state index < -0.39 is 0 Å². The second-order valence-corrected chi connectivity index (χ2v) is 5.56. The topological polar surface area (TPSA) is 29.1 Å². The molecule has 2 nitrogen and oxygen atoms in total. The van der Waals surface area contributed by atoms with E-state index in [4.69, 9.17) is 34.8 Å². The fourth-order valence-corrected chi connectivity index (χ4v) is 2.83. The molecule has 2 rings (SSSR count). The molecular formula is C12H12Cl3NO. The summed E-state index contributed by atoms with van der Waals surface area (Å²) in [5.74, 6) is -0.191. The Bertz CT molecular complexity index is 436. The van der Waals surface area contributed by atoms with Crippen molar-refractivity contribution < 1.29 is 4.79 Å². The van der Waals surface area contributed by atoms with Gasteiger partial charge in [0.05, 0.1) is 16.0 Å². The lowest BCUT2D eigenvalue weighted by Gasteiger charge is -2.16. The van der Waals surface area contributed by atoms with E-state index in [0.29, 0.717) is 15.6 Å². The molecule has 1 N–H and O–H groups in total. The first-order valence-corrected chi connectivity index (χ1v) is 6.67. The van der Waals surface area contributed by atoms with Crippen molar-refractivity contribution in [1.29, 1.82) is 0 Å². The number of alkyl halides is 1. The van der Waals surface area contributed by atoms with Crippen LogP contribution in [0.4, 0.5) is 0 Å². The number of amides is 1. The molecule has 1 aliphatic carbocycles. The number of hydrogen-bond donors (Lipinski definition) is 1.